The van der Waals surface area contributed by atoms with E-state index in [1.807, 2.05) is 18.2 Å². The maximum atomic E-state index is 15.2. The molecular weight excluding hydrogens is 429 g/mol. The lowest BCUT2D eigenvalue weighted by atomic mass is 9.76. The van der Waals surface area contributed by atoms with E-state index in [-0.39, 0.29) is 5.82 Å². The van der Waals surface area contributed by atoms with Crippen LogP contribution in [0.2, 0.25) is 0 Å². The molecule has 0 radical (unpaired) electrons. The van der Waals surface area contributed by atoms with Crippen LogP contribution in [0.15, 0.2) is 48.5 Å². The van der Waals surface area contributed by atoms with Gasteiger partial charge in [0.05, 0.1) is 0 Å². The third-order valence-electron chi connectivity index (χ3n) is 7.76. The van der Waals surface area contributed by atoms with Crippen LogP contribution in [0, 0.1) is 23.4 Å². The predicted octanol–water partition coefficient (Wildman–Crippen LogP) is 9.68. The van der Waals surface area contributed by atoms with Crippen molar-refractivity contribution < 1.29 is 13.2 Å². The van der Waals surface area contributed by atoms with Crippen molar-refractivity contribution in [3.63, 3.8) is 0 Å². The summed E-state index contributed by atoms with van der Waals surface area (Å²) in [7, 11) is 0. The summed E-state index contributed by atoms with van der Waals surface area (Å²) in [5.41, 5.74) is 2.62. The van der Waals surface area contributed by atoms with Crippen molar-refractivity contribution in [1.82, 2.24) is 0 Å². The van der Waals surface area contributed by atoms with E-state index in [9.17, 15) is 8.78 Å². The molecule has 0 N–H and O–H groups in total. The van der Waals surface area contributed by atoms with E-state index in [4.69, 9.17) is 0 Å². The fourth-order valence-corrected chi connectivity index (χ4v) is 5.60. The van der Waals surface area contributed by atoms with E-state index in [0.29, 0.717) is 35.3 Å². The second-order valence-electron chi connectivity index (χ2n) is 10.2. The maximum absolute atomic E-state index is 15.2. The Balaban J connectivity index is 1.35. The summed E-state index contributed by atoms with van der Waals surface area (Å²) < 4.78 is 41.8. The number of unbranched alkanes of at least 4 members (excludes halogenated alkanes) is 4. The van der Waals surface area contributed by atoms with Crippen LogP contribution >= 0.6 is 0 Å². The Morgan fingerprint density at radius 2 is 1.53 bits per heavy atom. The topological polar surface area (TPSA) is 0 Å². The van der Waals surface area contributed by atoms with Crippen molar-refractivity contribution in [2.24, 2.45) is 5.92 Å². The van der Waals surface area contributed by atoms with Gasteiger partial charge in [0.15, 0.2) is 11.6 Å². The first kappa shape index (κ1) is 24.8. The Bertz CT molecular complexity index is 1080. The summed E-state index contributed by atoms with van der Waals surface area (Å²) >= 11 is 0. The smallest absolute Gasteiger partial charge is 0.159 e. The van der Waals surface area contributed by atoms with E-state index >= 15 is 4.39 Å². The van der Waals surface area contributed by atoms with Gasteiger partial charge in [-0.1, -0.05) is 81.8 Å². The molecule has 3 aromatic carbocycles. The standard InChI is InChI=1S/C31H37F3/c1-2-3-4-5-6-7-22-8-12-24(13-9-22)26-17-18-28-27(21-26)16-15-25(31(28)34)14-10-23-11-19-29(32)30(33)20-23/h11,15-22,24H,2-10,12-14H2,1H3. The Hall–Kier alpha value is -2.29. The van der Waals surface area contributed by atoms with Gasteiger partial charge in [-0.05, 0) is 84.6 Å². The van der Waals surface area contributed by atoms with Crippen molar-refractivity contribution in [1.29, 1.82) is 0 Å². The summed E-state index contributed by atoms with van der Waals surface area (Å²) in [5.74, 6) is -0.444. The highest BCUT2D eigenvalue weighted by atomic mass is 19.2. The average molecular weight is 467 g/mol. The zero-order chi connectivity index (χ0) is 23.9. The maximum Gasteiger partial charge on any atom is 0.159 e. The molecule has 0 aliphatic heterocycles. The Kier molecular flexibility index (Phi) is 8.69. The fraction of sp³-hybridized carbons (Fsp3) is 0.484. The van der Waals surface area contributed by atoms with Gasteiger partial charge in [-0.3, -0.25) is 0 Å². The van der Waals surface area contributed by atoms with E-state index in [0.717, 1.165) is 17.4 Å². The van der Waals surface area contributed by atoms with Crippen LogP contribution in [-0.2, 0) is 12.8 Å². The van der Waals surface area contributed by atoms with Crippen molar-refractivity contribution in [2.45, 2.75) is 89.9 Å². The Morgan fingerprint density at radius 1 is 0.735 bits per heavy atom. The molecule has 0 atom stereocenters. The highest BCUT2D eigenvalue weighted by Gasteiger charge is 2.22. The van der Waals surface area contributed by atoms with Gasteiger partial charge >= 0.3 is 0 Å². The number of rotatable bonds is 10. The summed E-state index contributed by atoms with van der Waals surface area (Å²) in [6, 6.07) is 14.0. The molecule has 0 saturated heterocycles. The van der Waals surface area contributed by atoms with Gasteiger partial charge in [0.25, 0.3) is 0 Å². The van der Waals surface area contributed by atoms with Crippen molar-refractivity contribution in [3.8, 4) is 0 Å². The SMILES string of the molecule is CCCCCCCC1CCC(c2ccc3c(F)c(CCc4ccc(F)c(F)c4)ccc3c2)CC1. The van der Waals surface area contributed by atoms with Gasteiger partial charge < -0.3 is 0 Å². The minimum absolute atomic E-state index is 0.196. The molecule has 0 nitrogen and oxygen atoms in total. The molecule has 1 fully saturated rings. The quantitative estimate of drug-likeness (QED) is 0.261. The lowest BCUT2D eigenvalue weighted by Gasteiger charge is -2.29. The second kappa shape index (κ2) is 11.9. The van der Waals surface area contributed by atoms with E-state index in [1.54, 1.807) is 6.07 Å². The molecule has 0 bridgehead atoms. The third-order valence-corrected chi connectivity index (χ3v) is 7.76. The molecule has 0 amide bonds. The van der Waals surface area contributed by atoms with Crippen LogP contribution in [0.5, 0.6) is 0 Å². The lowest BCUT2D eigenvalue weighted by Crippen LogP contribution is -2.13. The molecule has 1 aliphatic rings. The number of hydrogen-bond acceptors (Lipinski definition) is 0. The normalized spacial score (nSPS) is 18.5. The van der Waals surface area contributed by atoms with Gasteiger partial charge in [0, 0.05) is 5.39 Å². The molecular formula is C31H37F3. The van der Waals surface area contributed by atoms with Crippen LogP contribution in [0.25, 0.3) is 10.8 Å². The van der Waals surface area contributed by atoms with Crippen LogP contribution in [0.1, 0.15) is 93.7 Å². The molecule has 1 aliphatic carbocycles. The van der Waals surface area contributed by atoms with E-state index < -0.39 is 11.6 Å². The minimum Gasteiger partial charge on any atom is -0.206 e. The lowest BCUT2D eigenvalue weighted by molar-refractivity contribution is 0.302. The molecule has 1 saturated carbocycles. The van der Waals surface area contributed by atoms with E-state index in [2.05, 4.69) is 19.1 Å². The highest BCUT2D eigenvalue weighted by Crippen LogP contribution is 2.39. The van der Waals surface area contributed by atoms with Crippen molar-refractivity contribution in [2.75, 3.05) is 0 Å². The number of halogens is 3. The molecule has 3 aromatic rings. The van der Waals surface area contributed by atoms with Gasteiger partial charge in [0.1, 0.15) is 5.82 Å². The highest BCUT2D eigenvalue weighted by molar-refractivity contribution is 5.84. The first-order valence-electron chi connectivity index (χ1n) is 13.2. The number of hydrogen-bond donors (Lipinski definition) is 0. The number of benzene rings is 3. The molecule has 4 rings (SSSR count). The van der Waals surface area contributed by atoms with E-state index in [1.165, 1.54) is 75.8 Å². The van der Waals surface area contributed by atoms with Crippen LogP contribution in [-0.4, -0.2) is 0 Å². The summed E-state index contributed by atoms with van der Waals surface area (Å²) in [6.45, 7) is 2.26. The molecule has 0 aromatic heterocycles. The molecule has 34 heavy (non-hydrogen) atoms. The van der Waals surface area contributed by atoms with Gasteiger partial charge in [0.2, 0.25) is 0 Å². The first-order valence-corrected chi connectivity index (χ1v) is 13.2. The minimum atomic E-state index is -0.856. The van der Waals surface area contributed by atoms with Crippen molar-refractivity contribution in [3.05, 3.63) is 82.7 Å². The summed E-state index contributed by atoms with van der Waals surface area (Å²) in [6.07, 6.45) is 14.2. The number of aryl methyl sites for hydroxylation is 2. The van der Waals surface area contributed by atoms with Gasteiger partial charge in [-0.15, -0.1) is 0 Å². The van der Waals surface area contributed by atoms with Gasteiger partial charge in [-0.2, -0.15) is 0 Å². The number of fused-ring (bicyclic) bond motifs is 1. The summed E-state index contributed by atoms with van der Waals surface area (Å²) in [5, 5.41) is 1.59. The Labute approximate surface area is 202 Å². The predicted molar refractivity (Wildman–Crippen MR) is 136 cm³/mol. The monoisotopic (exact) mass is 466 g/mol. The second-order valence-corrected chi connectivity index (χ2v) is 10.2. The fourth-order valence-electron chi connectivity index (χ4n) is 5.60. The average Bonchev–Trinajstić information content (AvgIpc) is 2.86. The van der Waals surface area contributed by atoms with Crippen LogP contribution in [0.3, 0.4) is 0 Å². The molecule has 0 unspecified atom stereocenters. The van der Waals surface area contributed by atoms with Crippen molar-refractivity contribution >= 4 is 10.8 Å². The van der Waals surface area contributed by atoms with Crippen LogP contribution < -0.4 is 0 Å². The van der Waals surface area contributed by atoms with Gasteiger partial charge in [-0.25, -0.2) is 13.2 Å². The zero-order valence-corrected chi connectivity index (χ0v) is 20.4. The molecule has 0 spiro atoms. The molecule has 182 valence electrons. The van der Waals surface area contributed by atoms with Crippen LogP contribution in [0.4, 0.5) is 13.2 Å². The Morgan fingerprint density at radius 3 is 2.29 bits per heavy atom. The summed E-state index contributed by atoms with van der Waals surface area (Å²) in [4.78, 5) is 0. The molecule has 3 heteroatoms. The third kappa shape index (κ3) is 6.23. The largest absolute Gasteiger partial charge is 0.206 e. The molecule has 0 heterocycles. The zero-order valence-electron chi connectivity index (χ0n) is 20.4. The first-order chi connectivity index (χ1) is 16.5.